The van der Waals surface area contributed by atoms with Crippen molar-refractivity contribution in [2.24, 2.45) is 11.3 Å². The van der Waals surface area contributed by atoms with Crippen LogP contribution in [0.3, 0.4) is 0 Å². The van der Waals surface area contributed by atoms with Gasteiger partial charge in [0.15, 0.2) is 0 Å². The van der Waals surface area contributed by atoms with E-state index in [9.17, 15) is 0 Å². The maximum absolute atomic E-state index is 6.94. The van der Waals surface area contributed by atoms with Gasteiger partial charge >= 0.3 is 0 Å². The van der Waals surface area contributed by atoms with E-state index in [0.717, 1.165) is 34.8 Å². The lowest BCUT2D eigenvalue weighted by Gasteiger charge is -2.43. The molecule has 0 spiro atoms. The van der Waals surface area contributed by atoms with Crippen molar-refractivity contribution in [2.45, 2.75) is 19.8 Å². The summed E-state index contributed by atoms with van der Waals surface area (Å²) in [7, 11) is 0. The summed E-state index contributed by atoms with van der Waals surface area (Å²) >= 11 is 1.90. The molecular weight excluding hydrogens is 757 g/mol. The van der Waals surface area contributed by atoms with Gasteiger partial charge < -0.3 is 4.42 Å². The van der Waals surface area contributed by atoms with E-state index in [1.165, 1.54) is 96.7 Å². The summed E-state index contributed by atoms with van der Waals surface area (Å²) in [5, 5.41) is 12.6. The zero-order valence-corrected chi connectivity index (χ0v) is 34.6. The van der Waals surface area contributed by atoms with Crippen LogP contribution in [0.25, 0.3) is 97.1 Å². The molecule has 2 aromatic heterocycles. The Labute approximate surface area is 357 Å². The minimum atomic E-state index is -0.196. The fourth-order valence-electron chi connectivity index (χ4n) is 11.2. The van der Waals surface area contributed by atoms with E-state index in [0.29, 0.717) is 0 Å². The molecule has 0 fully saturated rings. The highest BCUT2D eigenvalue weighted by atomic mass is 32.1. The fraction of sp³-hybridized carbons (Fsp3) is 0.0847. The molecule has 2 atom stereocenters. The van der Waals surface area contributed by atoms with Crippen molar-refractivity contribution in [3.63, 3.8) is 0 Å². The van der Waals surface area contributed by atoms with Gasteiger partial charge in [-0.15, -0.1) is 11.3 Å². The number of hydrogen-bond donors (Lipinski definition) is 0. The second-order valence-corrected chi connectivity index (χ2v) is 18.1. The summed E-state index contributed by atoms with van der Waals surface area (Å²) in [6, 6.07) is 56.3. The fourth-order valence-corrected chi connectivity index (χ4v) is 12.4. The molecular formula is C59H40OS. The minimum absolute atomic E-state index is 0.172. The van der Waals surface area contributed by atoms with E-state index >= 15 is 0 Å². The van der Waals surface area contributed by atoms with Crippen LogP contribution >= 0.6 is 11.3 Å². The standard InChI is InChI=1S/C59H40OS/c1-59-34-14-13-29-49(59)53(43-24-9-10-25-44(43)57(59)36-17-3-2-4-18-36)37-32-33-46-51(35-37)60-50-30-16-27-47(56(46)50)54-39-20-5-7-22-41(39)55(42-23-8-6-21-40(42)54)48-28-15-26-45-38-19-11-12-31-52(38)61-58(45)48/h3,5-35,49H,2,4H2,1H3. The predicted octanol–water partition coefficient (Wildman–Crippen LogP) is 15.0. The summed E-state index contributed by atoms with van der Waals surface area (Å²) in [6.45, 7) is 2.43. The molecule has 13 rings (SSSR count). The topological polar surface area (TPSA) is 13.1 Å². The average Bonchev–Trinajstić information content (AvgIpc) is 3.89. The molecule has 10 aromatic rings. The number of fused-ring (bicyclic) bond motifs is 10. The Kier molecular flexibility index (Phi) is 7.56. The number of allylic oxidation sites excluding steroid dienone is 8. The van der Waals surface area contributed by atoms with E-state index < -0.39 is 0 Å². The largest absolute Gasteiger partial charge is 0.456 e. The van der Waals surface area contributed by atoms with E-state index in [1.54, 1.807) is 0 Å². The minimum Gasteiger partial charge on any atom is -0.456 e. The van der Waals surface area contributed by atoms with Crippen LogP contribution in [-0.4, -0.2) is 0 Å². The third-order valence-electron chi connectivity index (χ3n) is 13.8. The average molecular weight is 797 g/mol. The lowest BCUT2D eigenvalue weighted by Crippen LogP contribution is -2.45. The highest BCUT2D eigenvalue weighted by Crippen LogP contribution is 2.52. The second-order valence-electron chi connectivity index (χ2n) is 17.1. The van der Waals surface area contributed by atoms with Crippen molar-refractivity contribution in [1.29, 1.82) is 0 Å². The number of furan rings is 1. The molecule has 0 saturated heterocycles. The molecule has 1 nitrogen and oxygen atoms in total. The van der Waals surface area contributed by atoms with Crippen LogP contribution in [0.4, 0.5) is 0 Å². The van der Waals surface area contributed by atoms with Gasteiger partial charge in [0, 0.05) is 47.8 Å². The molecule has 3 aliphatic carbocycles. The third-order valence-corrected chi connectivity index (χ3v) is 15.0. The maximum atomic E-state index is 6.94. The van der Waals surface area contributed by atoms with E-state index in [2.05, 4.69) is 201 Å². The molecule has 2 heteroatoms. The zero-order chi connectivity index (χ0) is 40.2. The summed E-state index contributed by atoms with van der Waals surface area (Å²) in [4.78, 5) is 0. The van der Waals surface area contributed by atoms with Crippen LogP contribution in [0, 0.1) is 11.3 Å². The van der Waals surface area contributed by atoms with Crippen LogP contribution in [0.15, 0.2) is 204 Å². The summed E-state index contributed by atoms with van der Waals surface area (Å²) in [6.07, 6.45) is 18.6. The quantitative estimate of drug-likeness (QED) is 0.162. The number of thiophene rings is 1. The van der Waals surface area contributed by atoms with Gasteiger partial charge in [-0.25, -0.2) is 0 Å². The van der Waals surface area contributed by atoms with Gasteiger partial charge in [0.05, 0.1) is 0 Å². The highest BCUT2D eigenvalue weighted by Gasteiger charge is 2.42. The van der Waals surface area contributed by atoms with Crippen molar-refractivity contribution < 1.29 is 4.42 Å². The Morgan fingerprint density at radius 2 is 1.25 bits per heavy atom. The van der Waals surface area contributed by atoms with Gasteiger partial charge in [0.25, 0.3) is 0 Å². The first-order chi connectivity index (χ1) is 30.2. The van der Waals surface area contributed by atoms with Crippen molar-refractivity contribution in [2.75, 3.05) is 0 Å². The molecule has 8 aromatic carbocycles. The van der Waals surface area contributed by atoms with Crippen LogP contribution in [0.1, 0.15) is 25.3 Å². The van der Waals surface area contributed by atoms with Gasteiger partial charge in [-0.3, -0.25) is 0 Å². The van der Waals surface area contributed by atoms with Gasteiger partial charge in [-0.2, -0.15) is 0 Å². The second kappa shape index (κ2) is 13.3. The van der Waals surface area contributed by atoms with Gasteiger partial charge in [-0.1, -0.05) is 177 Å². The molecule has 0 amide bonds. The summed E-state index contributed by atoms with van der Waals surface area (Å²) in [5.74, 6) is 0.172. The van der Waals surface area contributed by atoms with Gasteiger partial charge in [0.2, 0.25) is 0 Å². The maximum Gasteiger partial charge on any atom is 0.136 e. The monoisotopic (exact) mass is 796 g/mol. The molecule has 0 N–H and O–H groups in total. The number of benzene rings is 8. The molecule has 3 aliphatic rings. The zero-order valence-electron chi connectivity index (χ0n) is 33.8. The molecule has 2 heterocycles. The van der Waals surface area contributed by atoms with Gasteiger partial charge in [0.1, 0.15) is 11.2 Å². The smallest absolute Gasteiger partial charge is 0.136 e. The Morgan fingerprint density at radius 1 is 0.574 bits per heavy atom. The van der Waals surface area contributed by atoms with Crippen LogP contribution in [0.2, 0.25) is 0 Å². The number of rotatable bonds is 4. The molecule has 0 radical (unpaired) electrons. The van der Waals surface area contributed by atoms with Crippen molar-refractivity contribution in [3.8, 4) is 22.3 Å². The molecule has 0 saturated carbocycles. The third kappa shape index (κ3) is 5.00. The molecule has 0 bridgehead atoms. The molecule has 2 unspecified atom stereocenters. The van der Waals surface area contributed by atoms with Gasteiger partial charge in [-0.05, 0) is 108 Å². The van der Waals surface area contributed by atoms with Crippen molar-refractivity contribution >= 4 is 86.1 Å². The number of hydrogen-bond acceptors (Lipinski definition) is 2. The summed E-state index contributed by atoms with van der Waals surface area (Å²) < 4.78 is 9.59. The normalized spacial score (nSPS) is 18.5. The Hall–Kier alpha value is -7.00. The lowest BCUT2D eigenvalue weighted by atomic mass is 9.60. The molecule has 0 aliphatic heterocycles. The van der Waals surface area contributed by atoms with Crippen molar-refractivity contribution in [1.82, 2.24) is 0 Å². The Morgan fingerprint density at radius 3 is 2.02 bits per heavy atom. The first kappa shape index (κ1) is 34.8. The van der Waals surface area contributed by atoms with E-state index in [1.807, 2.05) is 11.3 Å². The SMILES string of the molecule is CC12C=CC=CC1C(c1ccc3c(c1)oc1cccc(-c4c5ccccc5c(-c5cccc6c5sc5ccccc56)c5ccccc45)c13)=c1ccccc1=C2C1=CCCC=C1. The van der Waals surface area contributed by atoms with Crippen LogP contribution < -0.4 is 10.4 Å². The Bertz CT molecular complexity index is 3730. The molecule has 61 heavy (non-hydrogen) atoms. The first-order valence-electron chi connectivity index (χ1n) is 21.5. The summed E-state index contributed by atoms with van der Waals surface area (Å²) in [5.41, 5.74) is 12.0. The van der Waals surface area contributed by atoms with Crippen LogP contribution in [0.5, 0.6) is 0 Å². The predicted molar refractivity (Wildman–Crippen MR) is 260 cm³/mol. The molecule has 288 valence electrons. The highest BCUT2D eigenvalue weighted by molar-refractivity contribution is 7.26. The Balaban J connectivity index is 1.06. The van der Waals surface area contributed by atoms with Crippen molar-refractivity contribution in [3.05, 3.63) is 216 Å². The van der Waals surface area contributed by atoms with Crippen LogP contribution in [-0.2, 0) is 0 Å². The van der Waals surface area contributed by atoms with E-state index in [4.69, 9.17) is 4.42 Å². The lowest BCUT2D eigenvalue weighted by molar-refractivity contribution is 0.478. The first-order valence-corrected chi connectivity index (χ1v) is 22.3. The van der Waals surface area contributed by atoms with E-state index in [-0.39, 0.29) is 11.3 Å².